The smallest absolute Gasteiger partial charge is 0.234 e. The summed E-state index contributed by atoms with van der Waals surface area (Å²) in [5.74, 6) is 0.943. The Bertz CT molecular complexity index is 232. The zero-order chi connectivity index (χ0) is 10.7. The van der Waals surface area contributed by atoms with Gasteiger partial charge < -0.3 is 10.6 Å². The third-order valence-corrected chi connectivity index (χ3v) is 3.51. The van der Waals surface area contributed by atoms with Crippen LogP contribution in [0.5, 0.6) is 0 Å². The molecule has 15 heavy (non-hydrogen) atoms. The number of hydrogen-bond acceptors (Lipinski definition) is 3. The molecule has 0 aromatic carbocycles. The van der Waals surface area contributed by atoms with Gasteiger partial charge in [0.15, 0.2) is 0 Å². The van der Waals surface area contributed by atoms with E-state index in [1.54, 1.807) is 0 Å². The summed E-state index contributed by atoms with van der Waals surface area (Å²) in [6.07, 6.45) is 2.56. The number of rotatable bonds is 3. The summed E-state index contributed by atoms with van der Waals surface area (Å²) in [5, 5.41) is 6.30. The topological polar surface area (TPSA) is 44.4 Å². The number of nitrogens with zero attached hydrogens (tertiary/aromatic N) is 1. The first-order valence-corrected chi connectivity index (χ1v) is 6.02. The highest BCUT2D eigenvalue weighted by atomic mass is 16.2. The first kappa shape index (κ1) is 10.9. The lowest BCUT2D eigenvalue weighted by molar-refractivity contribution is -0.123. The normalized spacial score (nSPS) is 31.3. The van der Waals surface area contributed by atoms with E-state index < -0.39 is 0 Å². The van der Waals surface area contributed by atoms with Crippen molar-refractivity contribution in [2.75, 3.05) is 32.7 Å². The number of nitrogens with one attached hydrogen (secondary N) is 2. The molecule has 2 unspecified atom stereocenters. The van der Waals surface area contributed by atoms with Crippen molar-refractivity contribution in [3.63, 3.8) is 0 Å². The Morgan fingerprint density at radius 3 is 3.20 bits per heavy atom. The Morgan fingerprint density at radius 1 is 1.53 bits per heavy atom. The molecule has 0 bridgehead atoms. The first-order valence-electron chi connectivity index (χ1n) is 6.02. The van der Waals surface area contributed by atoms with Crippen LogP contribution in [0.2, 0.25) is 0 Å². The highest BCUT2D eigenvalue weighted by Gasteiger charge is 2.35. The zero-order valence-corrected chi connectivity index (χ0v) is 9.46. The number of carbonyl (C=O) groups is 1. The van der Waals surface area contributed by atoms with E-state index in [2.05, 4.69) is 15.5 Å². The lowest BCUT2D eigenvalue weighted by atomic mass is 9.92. The lowest BCUT2D eigenvalue weighted by Gasteiger charge is -2.36. The molecule has 0 aliphatic carbocycles. The number of piperidine rings is 1. The number of fused-ring (bicyclic) bond motifs is 1. The Balaban J connectivity index is 1.87. The molecule has 4 nitrogen and oxygen atoms in total. The van der Waals surface area contributed by atoms with Crippen LogP contribution in [0.3, 0.4) is 0 Å². The summed E-state index contributed by atoms with van der Waals surface area (Å²) in [5.41, 5.74) is 0. The van der Waals surface area contributed by atoms with E-state index in [-0.39, 0.29) is 5.91 Å². The molecule has 2 rings (SSSR count). The standard InChI is InChI=1S/C11H21N3O/c1-2-13-11(15)8-14-5-3-4-9-6-12-7-10(9)14/h9-10,12H,2-8H2,1H3,(H,13,15). The molecule has 2 atom stereocenters. The van der Waals surface area contributed by atoms with Gasteiger partial charge in [0.05, 0.1) is 6.54 Å². The molecule has 2 aliphatic rings. The van der Waals surface area contributed by atoms with Crippen LogP contribution in [0.25, 0.3) is 0 Å². The van der Waals surface area contributed by atoms with Crippen molar-refractivity contribution in [2.45, 2.75) is 25.8 Å². The zero-order valence-electron chi connectivity index (χ0n) is 9.46. The summed E-state index contributed by atoms with van der Waals surface area (Å²) < 4.78 is 0. The molecule has 4 heteroatoms. The van der Waals surface area contributed by atoms with Crippen LogP contribution in [0, 0.1) is 5.92 Å². The molecule has 2 aliphatic heterocycles. The van der Waals surface area contributed by atoms with Gasteiger partial charge >= 0.3 is 0 Å². The van der Waals surface area contributed by atoms with E-state index in [0.717, 1.165) is 32.1 Å². The van der Waals surface area contributed by atoms with Crippen LogP contribution in [0.1, 0.15) is 19.8 Å². The van der Waals surface area contributed by atoms with Gasteiger partial charge in [0.1, 0.15) is 0 Å². The fraction of sp³-hybridized carbons (Fsp3) is 0.909. The van der Waals surface area contributed by atoms with E-state index in [1.807, 2.05) is 6.92 Å². The molecule has 1 amide bonds. The van der Waals surface area contributed by atoms with Gasteiger partial charge in [0.25, 0.3) is 0 Å². The van der Waals surface area contributed by atoms with Crippen LogP contribution < -0.4 is 10.6 Å². The largest absolute Gasteiger partial charge is 0.355 e. The second-order valence-corrected chi connectivity index (χ2v) is 4.55. The average molecular weight is 211 g/mol. The minimum absolute atomic E-state index is 0.171. The predicted molar refractivity (Wildman–Crippen MR) is 59.6 cm³/mol. The molecule has 0 radical (unpaired) electrons. The molecule has 0 spiro atoms. The maximum atomic E-state index is 11.5. The van der Waals surface area contributed by atoms with Crippen molar-refractivity contribution in [3.8, 4) is 0 Å². The van der Waals surface area contributed by atoms with Crippen molar-refractivity contribution < 1.29 is 4.79 Å². The van der Waals surface area contributed by atoms with Gasteiger partial charge in [-0.3, -0.25) is 9.69 Å². The first-order chi connectivity index (χ1) is 7.31. The van der Waals surface area contributed by atoms with Gasteiger partial charge in [0.2, 0.25) is 5.91 Å². The van der Waals surface area contributed by atoms with E-state index in [1.165, 1.54) is 12.8 Å². The Hall–Kier alpha value is -0.610. The van der Waals surface area contributed by atoms with E-state index in [0.29, 0.717) is 12.6 Å². The molecule has 0 saturated carbocycles. The van der Waals surface area contributed by atoms with Crippen molar-refractivity contribution >= 4 is 5.91 Å². The van der Waals surface area contributed by atoms with Crippen LogP contribution >= 0.6 is 0 Å². The van der Waals surface area contributed by atoms with Gasteiger partial charge in [-0.1, -0.05) is 0 Å². The summed E-state index contributed by atoms with van der Waals surface area (Å²) in [6, 6.07) is 0.598. The van der Waals surface area contributed by atoms with Crippen molar-refractivity contribution in [2.24, 2.45) is 5.92 Å². The number of amides is 1. The quantitative estimate of drug-likeness (QED) is 0.680. The van der Waals surface area contributed by atoms with Gasteiger partial charge in [-0.2, -0.15) is 0 Å². The van der Waals surface area contributed by atoms with Gasteiger partial charge in [-0.25, -0.2) is 0 Å². The minimum atomic E-state index is 0.171. The summed E-state index contributed by atoms with van der Waals surface area (Å²) >= 11 is 0. The number of likely N-dealkylation sites (N-methyl/N-ethyl adjacent to an activating group) is 1. The van der Waals surface area contributed by atoms with Crippen LogP contribution in [-0.4, -0.2) is 49.6 Å². The van der Waals surface area contributed by atoms with Gasteiger partial charge in [-0.05, 0) is 38.8 Å². The van der Waals surface area contributed by atoms with Crippen molar-refractivity contribution in [1.82, 2.24) is 15.5 Å². The second-order valence-electron chi connectivity index (χ2n) is 4.55. The van der Waals surface area contributed by atoms with Gasteiger partial charge in [-0.15, -0.1) is 0 Å². The molecule has 2 saturated heterocycles. The van der Waals surface area contributed by atoms with Crippen molar-refractivity contribution in [1.29, 1.82) is 0 Å². The summed E-state index contributed by atoms with van der Waals surface area (Å²) in [6.45, 7) is 6.56. The fourth-order valence-electron chi connectivity index (χ4n) is 2.80. The monoisotopic (exact) mass is 211 g/mol. The third kappa shape index (κ3) is 2.49. The minimum Gasteiger partial charge on any atom is -0.355 e. The summed E-state index contributed by atoms with van der Waals surface area (Å²) in [7, 11) is 0. The average Bonchev–Trinajstić information content (AvgIpc) is 2.67. The molecule has 2 heterocycles. The number of hydrogen-bond donors (Lipinski definition) is 2. The maximum Gasteiger partial charge on any atom is 0.234 e. The van der Waals surface area contributed by atoms with E-state index in [4.69, 9.17) is 0 Å². The molecule has 86 valence electrons. The molecular weight excluding hydrogens is 190 g/mol. The molecule has 2 N–H and O–H groups in total. The van der Waals surface area contributed by atoms with Gasteiger partial charge in [0, 0.05) is 19.1 Å². The van der Waals surface area contributed by atoms with E-state index >= 15 is 0 Å². The highest BCUT2D eigenvalue weighted by molar-refractivity contribution is 5.78. The SMILES string of the molecule is CCNC(=O)CN1CCCC2CNCC21. The third-order valence-electron chi connectivity index (χ3n) is 3.51. The Kier molecular flexibility index (Phi) is 3.59. The highest BCUT2D eigenvalue weighted by Crippen LogP contribution is 2.25. The fourth-order valence-corrected chi connectivity index (χ4v) is 2.80. The van der Waals surface area contributed by atoms with Crippen molar-refractivity contribution in [3.05, 3.63) is 0 Å². The summed E-state index contributed by atoms with van der Waals surface area (Å²) in [4.78, 5) is 13.9. The number of carbonyl (C=O) groups excluding carboxylic acids is 1. The lowest BCUT2D eigenvalue weighted by Crippen LogP contribution is -2.49. The molecule has 0 aromatic heterocycles. The van der Waals surface area contributed by atoms with E-state index in [9.17, 15) is 4.79 Å². The molecule has 2 fully saturated rings. The van der Waals surface area contributed by atoms with Crippen LogP contribution in [-0.2, 0) is 4.79 Å². The predicted octanol–water partition coefficient (Wildman–Crippen LogP) is -0.194. The van der Waals surface area contributed by atoms with Crippen LogP contribution in [0.4, 0.5) is 0 Å². The van der Waals surface area contributed by atoms with Crippen LogP contribution in [0.15, 0.2) is 0 Å². The Labute approximate surface area is 91.4 Å². The Morgan fingerprint density at radius 2 is 2.40 bits per heavy atom. The molecule has 0 aromatic rings. The second kappa shape index (κ2) is 4.94. The maximum absolute atomic E-state index is 11.5. The number of likely N-dealkylation sites (tertiary alicyclic amines) is 1. The molecular formula is C11H21N3O.